The maximum absolute atomic E-state index is 11.2. The average molecular weight is 239 g/mol. The summed E-state index contributed by atoms with van der Waals surface area (Å²) in [6.07, 6.45) is 0.888. The Morgan fingerprint density at radius 1 is 1.59 bits per heavy atom. The molecule has 0 spiro atoms. The predicted octanol–water partition coefficient (Wildman–Crippen LogP) is 0.834. The second-order valence-electron chi connectivity index (χ2n) is 4.28. The first-order chi connectivity index (χ1) is 7.86. The lowest BCUT2D eigenvalue weighted by molar-refractivity contribution is 0.0587. The Kier molecular flexibility index (Phi) is 4.01. The summed E-state index contributed by atoms with van der Waals surface area (Å²) in [5, 5.41) is 12.6. The van der Waals surface area contributed by atoms with Crippen molar-refractivity contribution < 1.29 is 14.6 Å². The third-order valence-electron chi connectivity index (χ3n) is 2.52. The quantitative estimate of drug-likeness (QED) is 0.757. The topological polar surface area (TPSA) is 84.3 Å². The van der Waals surface area contributed by atoms with Gasteiger partial charge in [0.25, 0.3) is 0 Å². The van der Waals surface area contributed by atoms with Crippen LogP contribution in [0.5, 0.6) is 0 Å². The number of hydrogen-bond donors (Lipinski definition) is 2. The van der Waals surface area contributed by atoms with Crippen molar-refractivity contribution in [3.8, 4) is 0 Å². The molecule has 0 aromatic carbocycles. The van der Waals surface area contributed by atoms with Crippen molar-refractivity contribution in [2.75, 3.05) is 12.4 Å². The molecule has 0 aliphatic rings. The van der Waals surface area contributed by atoms with Gasteiger partial charge in [-0.05, 0) is 26.8 Å². The van der Waals surface area contributed by atoms with Crippen molar-refractivity contribution in [3.63, 3.8) is 0 Å². The molecule has 17 heavy (non-hydrogen) atoms. The van der Waals surface area contributed by atoms with E-state index < -0.39 is 17.6 Å². The van der Waals surface area contributed by atoms with Gasteiger partial charge in [-0.15, -0.1) is 0 Å². The molecule has 0 fully saturated rings. The molecule has 0 aliphatic carbocycles. The molecule has 6 nitrogen and oxygen atoms in total. The van der Waals surface area contributed by atoms with Crippen molar-refractivity contribution in [2.24, 2.45) is 0 Å². The minimum atomic E-state index is -0.594. The highest BCUT2D eigenvalue weighted by atomic mass is 16.5. The number of aliphatic hydroxyl groups is 1. The van der Waals surface area contributed by atoms with Crippen LogP contribution in [0.2, 0.25) is 0 Å². The SMILES string of the molecule is COC(=O)c1nccc(NC(C)(C)C(C)O)n1. The molecule has 1 heterocycles. The number of nitrogens with one attached hydrogen (secondary N) is 1. The van der Waals surface area contributed by atoms with Gasteiger partial charge in [-0.2, -0.15) is 0 Å². The van der Waals surface area contributed by atoms with Crippen molar-refractivity contribution in [1.82, 2.24) is 9.97 Å². The number of rotatable bonds is 4. The average Bonchev–Trinajstić information content (AvgIpc) is 2.27. The van der Waals surface area contributed by atoms with Gasteiger partial charge in [0.05, 0.1) is 18.8 Å². The molecule has 1 aromatic rings. The van der Waals surface area contributed by atoms with Crippen LogP contribution in [0.3, 0.4) is 0 Å². The van der Waals surface area contributed by atoms with Crippen LogP contribution in [0.15, 0.2) is 12.3 Å². The number of carbonyl (C=O) groups excluding carboxylic acids is 1. The number of anilines is 1. The largest absolute Gasteiger partial charge is 0.463 e. The zero-order chi connectivity index (χ0) is 13.1. The fraction of sp³-hybridized carbons (Fsp3) is 0.545. The Morgan fingerprint density at radius 3 is 2.76 bits per heavy atom. The van der Waals surface area contributed by atoms with Crippen LogP contribution in [-0.4, -0.2) is 39.8 Å². The molecule has 1 atom stereocenters. The minimum Gasteiger partial charge on any atom is -0.463 e. The van der Waals surface area contributed by atoms with E-state index in [9.17, 15) is 9.90 Å². The van der Waals surface area contributed by atoms with E-state index in [-0.39, 0.29) is 5.82 Å². The lowest BCUT2D eigenvalue weighted by Crippen LogP contribution is -2.42. The van der Waals surface area contributed by atoms with Crippen LogP contribution >= 0.6 is 0 Å². The van der Waals surface area contributed by atoms with Gasteiger partial charge in [-0.3, -0.25) is 0 Å². The van der Waals surface area contributed by atoms with E-state index in [2.05, 4.69) is 20.0 Å². The Hall–Kier alpha value is -1.69. The fourth-order valence-electron chi connectivity index (χ4n) is 1.05. The van der Waals surface area contributed by atoms with Gasteiger partial charge in [0.15, 0.2) is 0 Å². The zero-order valence-electron chi connectivity index (χ0n) is 10.4. The third kappa shape index (κ3) is 3.39. The Balaban J connectivity index is 2.90. The summed E-state index contributed by atoms with van der Waals surface area (Å²) < 4.78 is 4.53. The van der Waals surface area contributed by atoms with Crippen molar-refractivity contribution in [3.05, 3.63) is 18.1 Å². The number of esters is 1. The van der Waals surface area contributed by atoms with Gasteiger partial charge < -0.3 is 15.2 Å². The van der Waals surface area contributed by atoms with E-state index in [4.69, 9.17) is 0 Å². The molecule has 1 rings (SSSR count). The van der Waals surface area contributed by atoms with Crippen LogP contribution in [-0.2, 0) is 4.74 Å². The molecule has 0 saturated carbocycles. The van der Waals surface area contributed by atoms with Crippen LogP contribution in [0.25, 0.3) is 0 Å². The van der Waals surface area contributed by atoms with Gasteiger partial charge in [0, 0.05) is 6.20 Å². The summed E-state index contributed by atoms with van der Waals surface area (Å²) in [5.74, 6) is -0.145. The second kappa shape index (κ2) is 5.09. The van der Waals surface area contributed by atoms with E-state index >= 15 is 0 Å². The summed E-state index contributed by atoms with van der Waals surface area (Å²) in [6, 6.07) is 1.62. The molecule has 0 aliphatic heterocycles. The van der Waals surface area contributed by atoms with E-state index in [1.54, 1.807) is 13.0 Å². The first-order valence-electron chi connectivity index (χ1n) is 5.24. The highest BCUT2D eigenvalue weighted by Gasteiger charge is 2.24. The number of hydrogen-bond acceptors (Lipinski definition) is 6. The molecule has 94 valence electrons. The smallest absolute Gasteiger partial charge is 0.376 e. The fourth-order valence-corrected chi connectivity index (χ4v) is 1.05. The lowest BCUT2D eigenvalue weighted by atomic mass is 9.99. The Labute approximate surface area is 100 Å². The van der Waals surface area contributed by atoms with Crippen molar-refractivity contribution in [1.29, 1.82) is 0 Å². The van der Waals surface area contributed by atoms with Gasteiger partial charge in [0.2, 0.25) is 5.82 Å². The highest BCUT2D eigenvalue weighted by molar-refractivity contribution is 5.85. The lowest BCUT2D eigenvalue weighted by Gasteiger charge is -2.29. The highest BCUT2D eigenvalue weighted by Crippen LogP contribution is 2.16. The van der Waals surface area contributed by atoms with Crippen LogP contribution in [0, 0.1) is 0 Å². The molecule has 0 saturated heterocycles. The predicted molar refractivity (Wildman–Crippen MR) is 62.8 cm³/mol. The molecule has 1 unspecified atom stereocenters. The molecule has 0 amide bonds. The van der Waals surface area contributed by atoms with Crippen molar-refractivity contribution in [2.45, 2.75) is 32.4 Å². The number of carbonyl (C=O) groups is 1. The van der Waals surface area contributed by atoms with Crippen LogP contribution < -0.4 is 5.32 Å². The Bertz CT molecular complexity index is 405. The molecule has 2 N–H and O–H groups in total. The minimum absolute atomic E-state index is 0.0149. The third-order valence-corrected chi connectivity index (χ3v) is 2.52. The summed E-state index contributed by atoms with van der Waals surface area (Å²) in [5.41, 5.74) is -0.554. The van der Waals surface area contributed by atoms with Gasteiger partial charge in [-0.1, -0.05) is 0 Å². The van der Waals surface area contributed by atoms with Crippen LogP contribution in [0.1, 0.15) is 31.4 Å². The normalized spacial score (nSPS) is 13.0. The maximum atomic E-state index is 11.2. The molecule has 6 heteroatoms. The Morgan fingerprint density at radius 2 is 2.24 bits per heavy atom. The van der Waals surface area contributed by atoms with E-state index in [1.807, 2.05) is 13.8 Å². The van der Waals surface area contributed by atoms with Crippen molar-refractivity contribution >= 4 is 11.8 Å². The second-order valence-corrected chi connectivity index (χ2v) is 4.28. The summed E-state index contributed by atoms with van der Waals surface area (Å²) in [4.78, 5) is 19.0. The van der Waals surface area contributed by atoms with Gasteiger partial charge in [-0.25, -0.2) is 14.8 Å². The van der Waals surface area contributed by atoms with Gasteiger partial charge >= 0.3 is 5.97 Å². The molecule has 1 aromatic heterocycles. The number of methoxy groups -OCH3 is 1. The number of aliphatic hydroxyl groups excluding tert-OH is 1. The summed E-state index contributed by atoms with van der Waals surface area (Å²) in [7, 11) is 1.27. The summed E-state index contributed by atoms with van der Waals surface area (Å²) in [6.45, 7) is 5.34. The molecule has 0 bridgehead atoms. The van der Waals surface area contributed by atoms with Gasteiger partial charge in [0.1, 0.15) is 5.82 Å². The number of aromatic nitrogens is 2. The van der Waals surface area contributed by atoms with E-state index in [0.717, 1.165) is 0 Å². The van der Waals surface area contributed by atoms with Crippen LogP contribution in [0.4, 0.5) is 5.82 Å². The first-order valence-corrected chi connectivity index (χ1v) is 5.24. The molecular formula is C11H17N3O3. The summed E-state index contributed by atoms with van der Waals surface area (Å²) >= 11 is 0. The van der Waals surface area contributed by atoms with E-state index in [0.29, 0.717) is 5.82 Å². The molecular weight excluding hydrogens is 222 g/mol. The maximum Gasteiger partial charge on any atom is 0.376 e. The monoisotopic (exact) mass is 239 g/mol. The number of ether oxygens (including phenoxy) is 1. The first kappa shape index (κ1) is 13.4. The number of nitrogens with zero attached hydrogens (tertiary/aromatic N) is 2. The molecule has 0 radical (unpaired) electrons. The zero-order valence-corrected chi connectivity index (χ0v) is 10.4. The van der Waals surface area contributed by atoms with E-state index in [1.165, 1.54) is 13.3 Å². The standard InChI is InChI=1S/C11H17N3O3/c1-7(15)11(2,3)14-8-5-6-12-9(13-8)10(16)17-4/h5-7,15H,1-4H3,(H,12,13,14).